The van der Waals surface area contributed by atoms with E-state index in [4.69, 9.17) is 9.47 Å². The van der Waals surface area contributed by atoms with E-state index in [0.717, 1.165) is 31.4 Å². The van der Waals surface area contributed by atoms with Gasteiger partial charge in [-0.15, -0.1) is 0 Å². The monoisotopic (exact) mass is 382 g/mol. The Morgan fingerprint density at radius 3 is 2.57 bits per heavy atom. The minimum atomic E-state index is -0.246. The molecule has 0 aliphatic heterocycles. The average Bonchev–Trinajstić information content (AvgIpc) is 2.83. The minimum absolute atomic E-state index is 0.246. The SMILES string of the molecule is CCOc1c(Br)cc(C(=O)NN=C2CCCCCC2)cc1OC. The highest BCUT2D eigenvalue weighted by molar-refractivity contribution is 9.10. The molecule has 126 valence electrons. The quantitative estimate of drug-likeness (QED) is 0.609. The van der Waals surface area contributed by atoms with E-state index in [1.165, 1.54) is 12.8 Å². The van der Waals surface area contributed by atoms with Gasteiger partial charge in [-0.25, -0.2) is 5.43 Å². The molecule has 0 spiro atoms. The number of nitrogens with one attached hydrogen (secondary N) is 1. The zero-order chi connectivity index (χ0) is 16.7. The summed E-state index contributed by atoms with van der Waals surface area (Å²) in [5.41, 5.74) is 4.22. The summed E-state index contributed by atoms with van der Waals surface area (Å²) in [5.74, 6) is 0.874. The van der Waals surface area contributed by atoms with E-state index in [0.29, 0.717) is 28.1 Å². The molecule has 23 heavy (non-hydrogen) atoms. The second kappa shape index (κ2) is 8.91. The summed E-state index contributed by atoms with van der Waals surface area (Å²) in [7, 11) is 1.55. The molecule has 1 aromatic carbocycles. The minimum Gasteiger partial charge on any atom is -0.493 e. The van der Waals surface area contributed by atoms with Crippen LogP contribution >= 0.6 is 15.9 Å². The van der Waals surface area contributed by atoms with Gasteiger partial charge in [0.05, 0.1) is 18.2 Å². The third-order valence-electron chi connectivity index (χ3n) is 3.78. The van der Waals surface area contributed by atoms with Crippen molar-refractivity contribution in [1.82, 2.24) is 5.43 Å². The number of benzene rings is 1. The maximum Gasteiger partial charge on any atom is 0.271 e. The van der Waals surface area contributed by atoms with Crippen LogP contribution < -0.4 is 14.9 Å². The first-order chi connectivity index (χ1) is 11.2. The normalized spacial score (nSPS) is 14.8. The standard InChI is InChI=1S/C17H23BrN2O3/c1-3-23-16-14(18)10-12(11-15(16)22-2)17(21)20-19-13-8-6-4-5-7-9-13/h10-11H,3-9H2,1-2H3,(H,20,21). The van der Waals surface area contributed by atoms with E-state index in [1.807, 2.05) is 6.92 Å². The number of hydrogen-bond acceptors (Lipinski definition) is 4. The molecular formula is C17H23BrN2O3. The molecule has 1 aliphatic carbocycles. The lowest BCUT2D eigenvalue weighted by atomic mass is 10.2. The van der Waals surface area contributed by atoms with E-state index < -0.39 is 0 Å². The van der Waals surface area contributed by atoms with E-state index in [-0.39, 0.29) is 5.91 Å². The van der Waals surface area contributed by atoms with Gasteiger partial charge in [0.15, 0.2) is 11.5 Å². The van der Waals surface area contributed by atoms with Crippen molar-refractivity contribution in [2.45, 2.75) is 45.4 Å². The molecule has 0 atom stereocenters. The first kappa shape index (κ1) is 17.8. The molecule has 0 radical (unpaired) electrons. The number of rotatable bonds is 5. The van der Waals surface area contributed by atoms with Crippen LogP contribution in [0.4, 0.5) is 0 Å². The Hall–Kier alpha value is -1.56. The molecule has 0 aromatic heterocycles. The van der Waals surface area contributed by atoms with Gasteiger partial charge in [-0.2, -0.15) is 5.10 Å². The third kappa shape index (κ3) is 4.96. The smallest absolute Gasteiger partial charge is 0.271 e. The van der Waals surface area contributed by atoms with Crippen molar-refractivity contribution < 1.29 is 14.3 Å². The van der Waals surface area contributed by atoms with Crippen molar-refractivity contribution in [3.8, 4) is 11.5 Å². The molecule has 0 unspecified atom stereocenters. The van der Waals surface area contributed by atoms with Crippen LogP contribution in [0, 0.1) is 0 Å². The molecule has 1 amide bonds. The molecule has 5 nitrogen and oxygen atoms in total. The Morgan fingerprint density at radius 2 is 1.96 bits per heavy atom. The fourth-order valence-corrected chi connectivity index (χ4v) is 3.13. The van der Waals surface area contributed by atoms with Crippen LogP contribution in [0.25, 0.3) is 0 Å². The number of halogens is 1. The van der Waals surface area contributed by atoms with Crippen LogP contribution in [-0.2, 0) is 0 Å². The second-order valence-corrected chi connectivity index (χ2v) is 6.31. The van der Waals surface area contributed by atoms with Gasteiger partial charge in [0, 0.05) is 11.3 Å². The number of carbonyl (C=O) groups excluding carboxylic acids is 1. The molecule has 1 aromatic rings. The number of hydrazone groups is 1. The highest BCUT2D eigenvalue weighted by atomic mass is 79.9. The predicted octanol–water partition coefficient (Wildman–Crippen LogP) is 4.30. The van der Waals surface area contributed by atoms with Crippen molar-refractivity contribution in [3.63, 3.8) is 0 Å². The van der Waals surface area contributed by atoms with E-state index >= 15 is 0 Å². The highest BCUT2D eigenvalue weighted by Crippen LogP contribution is 2.36. The summed E-state index contributed by atoms with van der Waals surface area (Å²) >= 11 is 3.43. The molecule has 6 heteroatoms. The van der Waals surface area contributed by atoms with Gasteiger partial charge in [0.25, 0.3) is 5.91 Å². The summed E-state index contributed by atoms with van der Waals surface area (Å²) in [4.78, 5) is 12.3. The fraction of sp³-hybridized carbons (Fsp3) is 0.529. The Bertz CT molecular complexity index is 577. The van der Waals surface area contributed by atoms with Gasteiger partial charge in [0.1, 0.15) is 0 Å². The number of amides is 1. The molecule has 0 saturated heterocycles. The van der Waals surface area contributed by atoms with Crippen molar-refractivity contribution in [1.29, 1.82) is 0 Å². The van der Waals surface area contributed by atoms with E-state index in [2.05, 4.69) is 26.5 Å². The molecule has 1 aliphatic rings. The van der Waals surface area contributed by atoms with Gasteiger partial charge in [-0.3, -0.25) is 4.79 Å². The molecule has 0 heterocycles. The lowest BCUT2D eigenvalue weighted by Crippen LogP contribution is -2.20. The zero-order valence-electron chi connectivity index (χ0n) is 13.7. The fourth-order valence-electron chi connectivity index (χ4n) is 2.58. The van der Waals surface area contributed by atoms with Crippen LogP contribution in [-0.4, -0.2) is 25.3 Å². The van der Waals surface area contributed by atoms with Crippen molar-refractivity contribution in [2.24, 2.45) is 5.10 Å². The average molecular weight is 383 g/mol. The first-order valence-corrected chi connectivity index (χ1v) is 8.81. The first-order valence-electron chi connectivity index (χ1n) is 8.01. The van der Waals surface area contributed by atoms with Gasteiger partial charge < -0.3 is 9.47 Å². The highest BCUT2D eigenvalue weighted by Gasteiger charge is 2.15. The number of ether oxygens (including phenoxy) is 2. The number of nitrogens with zero attached hydrogens (tertiary/aromatic N) is 1. The summed E-state index contributed by atoms with van der Waals surface area (Å²) in [6, 6.07) is 3.38. The van der Waals surface area contributed by atoms with Gasteiger partial charge in [-0.1, -0.05) is 12.8 Å². The topological polar surface area (TPSA) is 59.9 Å². The molecule has 2 rings (SSSR count). The van der Waals surface area contributed by atoms with Crippen molar-refractivity contribution in [3.05, 3.63) is 22.2 Å². The number of hydrogen-bond donors (Lipinski definition) is 1. The zero-order valence-corrected chi connectivity index (χ0v) is 15.2. The van der Waals surface area contributed by atoms with Crippen LogP contribution in [0.3, 0.4) is 0 Å². The Kier molecular flexibility index (Phi) is 6.89. The van der Waals surface area contributed by atoms with Gasteiger partial charge in [0.2, 0.25) is 0 Å². The number of carbonyl (C=O) groups is 1. The van der Waals surface area contributed by atoms with Gasteiger partial charge in [-0.05, 0) is 60.7 Å². The second-order valence-electron chi connectivity index (χ2n) is 5.46. The van der Waals surface area contributed by atoms with Crippen LogP contribution in [0.5, 0.6) is 11.5 Å². The predicted molar refractivity (Wildman–Crippen MR) is 94.5 cm³/mol. The number of methoxy groups -OCH3 is 1. The van der Waals surface area contributed by atoms with Gasteiger partial charge >= 0.3 is 0 Å². The van der Waals surface area contributed by atoms with Crippen molar-refractivity contribution >= 4 is 27.5 Å². The molecule has 0 bridgehead atoms. The van der Waals surface area contributed by atoms with Crippen LogP contribution in [0.1, 0.15) is 55.8 Å². The van der Waals surface area contributed by atoms with Crippen LogP contribution in [0.15, 0.2) is 21.7 Å². The molecule has 1 N–H and O–H groups in total. The third-order valence-corrected chi connectivity index (χ3v) is 4.37. The summed E-state index contributed by atoms with van der Waals surface area (Å²) < 4.78 is 11.5. The Morgan fingerprint density at radius 1 is 1.26 bits per heavy atom. The summed E-state index contributed by atoms with van der Waals surface area (Å²) in [6.45, 7) is 2.42. The van der Waals surface area contributed by atoms with E-state index in [1.54, 1.807) is 19.2 Å². The largest absolute Gasteiger partial charge is 0.493 e. The molecule has 1 saturated carbocycles. The van der Waals surface area contributed by atoms with Crippen molar-refractivity contribution in [2.75, 3.05) is 13.7 Å². The Labute approximate surface area is 145 Å². The molecular weight excluding hydrogens is 360 g/mol. The van der Waals surface area contributed by atoms with Crippen LogP contribution in [0.2, 0.25) is 0 Å². The lowest BCUT2D eigenvalue weighted by molar-refractivity contribution is 0.0954. The maximum atomic E-state index is 12.3. The lowest BCUT2D eigenvalue weighted by Gasteiger charge is -2.13. The Balaban J connectivity index is 2.12. The van der Waals surface area contributed by atoms with E-state index in [9.17, 15) is 4.79 Å². The summed E-state index contributed by atoms with van der Waals surface area (Å²) in [6.07, 6.45) is 6.73. The maximum absolute atomic E-state index is 12.3. The summed E-state index contributed by atoms with van der Waals surface area (Å²) in [5, 5.41) is 4.29. The molecule has 1 fully saturated rings.